The van der Waals surface area contributed by atoms with E-state index in [0.717, 1.165) is 41.0 Å². The number of hydrogen-bond acceptors (Lipinski definition) is 3. The molecular weight excluding hydrogens is 410 g/mol. The minimum atomic E-state index is -0.280. The summed E-state index contributed by atoms with van der Waals surface area (Å²) in [5.41, 5.74) is 5.49. The van der Waals surface area contributed by atoms with Crippen molar-refractivity contribution >= 4 is 29.2 Å². The van der Waals surface area contributed by atoms with E-state index in [1.165, 1.54) is 0 Å². The van der Waals surface area contributed by atoms with E-state index in [9.17, 15) is 4.79 Å². The SMILES string of the molecule is CCCn1cc(CN=C(NC(=O)c2cccc(Cl)c2)Nc2cc(C)ccc2C)c(C)n1. The van der Waals surface area contributed by atoms with Crippen LogP contribution in [0, 0.1) is 20.8 Å². The lowest BCUT2D eigenvalue weighted by Gasteiger charge is -2.14. The summed E-state index contributed by atoms with van der Waals surface area (Å²) in [6, 6.07) is 12.9. The molecule has 31 heavy (non-hydrogen) atoms. The fourth-order valence-electron chi connectivity index (χ4n) is 3.14. The first-order valence-corrected chi connectivity index (χ1v) is 10.7. The number of hydrogen-bond donors (Lipinski definition) is 2. The van der Waals surface area contributed by atoms with E-state index in [-0.39, 0.29) is 5.91 Å². The van der Waals surface area contributed by atoms with Crippen LogP contribution in [0.15, 0.2) is 53.7 Å². The van der Waals surface area contributed by atoms with Gasteiger partial charge in [0.05, 0.1) is 12.2 Å². The number of aliphatic imine (C=N–C) groups is 1. The van der Waals surface area contributed by atoms with Crippen molar-refractivity contribution in [3.8, 4) is 0 Å². The number of halogens is 1. The first-order chi connectivity index (χ1) is 14.9. The van der Waals surface area contributed by atoms with Crippen LogP contribution in [0.25, 0.3) is 0 Å². The van der Waals surface area contributed by atoms with Gasteiger partial charge in [-0.3, -0.25) is 14.8 Å². The Kier molecular flexibility index (Phi) is 7.47. The molecule has 0 atom stereocenters. The third kappa shape index (κ3) is 6.18. The number of carbonyl (C=O) groups is 1. The number of aryl methyl sites for hydroxylation is 4. The standard InChI is InChI=1S/C24H28ClN5O/c1-5-11-30-15-20(18(4)29-30)14-26-24(27-22-12-16(2)9-10-17(22)3)28-23(31)19-7-6-8-21(25)13-19/h6-10,12-13,15H,5,11,14H2,1-4H3,(H2,26,27,28,31). The molecule has 0 aliphatic heterocycles. The van der Waals surface area contributed by atoms with Crippen molar-refractivity contribution in [1.82, 2.24) is 15.1 Å². The van der Waals surface area contributed by atoms with Gasteiger partial charge in [-0.05, 0) is 62.6 Å². The zero-order valence-corrected chi connectivity index (χ0v) is 19.1. The predicted molar refractivity (Wildman–Crippen MR) is 127 cm³/mol. The first kappa shape index (κ1) is 22.6. The number of carbonyl (C=O) groups excluding carboxylic acids is 1. The van der Waals surface area contributed by atoms with Gasteiger partial charge in [0.15, 0.2) is 0 Å². The molecule has 1 amide bonds. The van der Waals surface area contributed by atoms with E-state index in [0.29, 0.717) is 23.1 Å². The van der Waals surface area contributed by atoms with Crippen LogP contribution in [0.4, 0.5) is 5.69 Å². The molecule has 0 spiro atoms. The fourth-order valence-corrected chi connectivity index (χ4v) is 3.33. The number of rotatable bonds is 6. The van der Waals surface area contributed by atoms with Crippen LogP contribution in [0.2, 0.25) is 5.02 Å². The van der Waals surface area contributed by atoms with Crippen LogP contribution in [0.5, 0.6) is 0 Å². The molecule has 3 rings (SSSR count). The highest BCUT2D eigenvalue weighted by Gasteiger charge is 2.12. The third-order valence-corrected chi connectivity index (χ3v) is 5.11. The third-order valence-electron chi connectivity index (χ3n) is 4.87. The Morgan fingerprint density at radius 1 is 1.16 bits per heavy atom. The Balaban J connectivity index is 1.86. The van der Waals surface area contributed by atoms with Gasteiger partial charge in [0.2, 0.25) is 5.96 Å². The number of benzene rings is 2. The maximum absolute atomic E-state index is 12.8. The molecule has 2 N–H and O–H groups in total. The molecule has 0 saturated heterocycles. The average Bonchev–Trinajstić information content (AvgIpc) is 3.08. The topological polar surface area (TPSA) is 71.3 Å². The summed E-state index contributed by atoms with van der Waals surface area (Å²) < 4.78 is 1.93. The van der Waals surface area contributed by atoms with Crippen molar-refractivity contribution in [2.75, 3.05) is 5.32 Å². The molecule has 0 saturated carbocycles. The molecule has 0 unspecified atom stereocenters. The number of guanidine groups is 1. The van der Waals surface area contributed by atoms with E-state index in [1.807, 2.05) is 49.8 Å². The van der Waals surface area contributed by atoms with Crippen LogP contribution in [0.1, 0.15) is 46.1 Å². The van der Waals surface area contributed by atoms with Gasteiger partial charge >= 0.3 is 0 Å². The van der Waals surface area contributed by atoms with Gasteiger partial charge < -0.3 is 5.32 Å². The van der Waals surface area contributed by atoms with Gasteiger partial charge in [0, 0.05) is 34.6 Å². The van der Waals surface area contributed by atoms with Crippen LogP contribution >= 0.6 is 11.6 Å². The van der Waals surface area contributed by atoms with Gasteiger partial charge in [0.25, 0.3) is 5.91 Å². The Morgan fingerprint density at radius 3 is 2.71 bits per heavy atom. The monoisotopic (exact) mass is 437 g/mol. The van der Waals surface area contributed by atoms with Gasteiger partial charge in [-0.2, -0.15) is 5.10 Å². The number of nitrogens with one attached hydrogen (secondary N) is 2. The van der Waals surface area contributed by atoms with Crippen molar-refractivity contribution in [3.63, 3.8) is 0 Å². The molecule has 7 heteroatoms. The molecule has 0 radical (unpaired) electrons. The minimum absolute atomic E-state index is 0.280. The molecule has 0 aliphatic rings. The highest BCUT2D eigenvalue weighted by molar-refractivity contribution is 6.31. The molecule has 3 aromatic rings. The molecule has 162 valence electrons. The number of nitrogens with zero attached hydrogens (tertiary/aromatic N) is 3. The van der Waals surface area contributed by atoms with E-state index in [2.05, 4.69) is 27.6 Å². The second-order valence-electron chi connectivity index (χ2n) is 7.58. The maximum Gasteiger partial charge on any atom is 0.258 e. The van der Waals surface area contributed by atoms with Crippen LogP contribution in [-0.2, 0) is 13.1 Å². The maximum atomic E-state index is 12.8. The highest BCUT2D eigenvalue weighted by Crippen LogP contribution is 2.17. The molecule has 6 nitrogen and oxygen atoms in total. The van der Waals surface area contributed by atoms with Crippen molar-refractivity contribution in [3.05, 3.63) is 81.6 Å². The smallest absolute Gasteiger partial charge is 0.258 e. The van der Waals surface area contributed by atoms with E-state index >= 15 is 0 Å². The molecule has 1 heterocycles. The molecule has 0 fully saturated rings. The molecular formula is C24H28ClN5O. The number of amides is 1. The van der Waals surface area contributed by atoms with Crippen LogP contribution in [0.3, 0.4) is 0 Å². The summed E-state index contributed by atoms with van der Waals surface area (Å²) in [7, 11) is 0. The van der Waals surface area contributed by atoms with Crippen molar-refractivity contribution in [1.29, 1.82) is 0 Å². The fraction of sp³-hybridized carbons (Fsp3) is 0.292. The molecule has 1 aromatic heterocycles. The Morgan fingerprint density at radius 2 is 1.97 bits per heavy atom. The van der Waals surface area contributed by atoms with Crippen LogP contribution < -0.4 is 10.6 Å². The second kappa shape index (κ2) is 10.3. The second-order valence-corrected chi connectivity index (χ2v) is 8.01. The lowest BCUT2D eigenvalue weighted by molar-refractivity contribution is 0.0977. The summed E-state index contributed by atoms with van der Waals surface area (Å²) in [5.74, 6) is 0.0961. The largest absolute Gasteiger partial charge is 0.326 e. The number of anilines is 1. The minimum Gasteiger partial charge on any atom is -0.326 e. The van der Waals surface area contributed by atoms with Crippen molar-refractivity contribution < 1.29 is 4.79 Å². The Bertz CT molecular complexity index is 1100. The van der Waals surface area contributed by atoms with Gasteiger partial charge in [-0.25, -0.2) is 4.99 Å². The summed E-state index contributed by atoms with van der Waals surface area (Å²) in [6.45, 7) is 9.39. The zero-order valence-electron chi connectivity index (χ0n) is 18.4. The molecule has 0 aliphatic carbocycles. The quantitative estimate of drug-likeness (QED) is 0.407. The van der Waals surface area contributed by atoms with Gasteiger partial charge in [-0.1, -0.05) is 36.7 Å². The van der Waals surface area contributed by atoms with E-state index in [4.69, 9.17) is 11.6 Å². The summed E-state index contributed by atoms with van der Waals surface area (Å²) in [4.78, 5) is 17.5. The lowest BCUT2D eigenvalue weighted by Crippen LogP contribution is -2.36. The number of aromatic nitrogens is 2. The lowest BCUT2D eigenvalue weighted by atomic mass is 10.1. The predicted octanol–water partition coefficient (Wildman–Crippen LogP) is 5.27. The summed E-state index contributed by atoms with van der Waals surface area (Å²) in [6.07, 6.45) is 3.02. The van der Waals surface area contributed by atoms with Gasteiger partial charge in [-0.15, -0.1) is 0 Å². The summed E-state index contributed by atoms with van der Waals surface area (Å²) in [5, 5.41) is 11.2. The highest BCUT2D eigenvalue weighted by atomic mass is 35.5. The molecule has 0 bridgehead atoms. The van der Waals surface area contributed by atoms with E-state index < -0.39 is 0 Å². The molecule has 2 aromatic carbocycles. The van der Waals surface area contributed by atoms with E-state index in [1.54, 1.807) is 24.3 Å². The Hall–Kier alpha value is -3.12. The Labute approximate surface area is 188 Å². The average molecular weight is 438 g/mol. The summed E-state index contributed by atoms with van der Waals surface area (Å²) >= 11 is 6.04. The van der Waals surface area contributed by atoms with Crippen molar-refractivity contribution in [2.45, 2.75) is 47.2 Å². The van der Waals surface area contributed by atoms with Crippen LogP contribution in [-0.4, -0.2) is 21.6 Å². The van der Waals surface area contributed by atoms with Crippen molar-refractivity contribution in [2.24, 2.45) is 4.99 Å². The zero-order chi connectivity index (χ0) is 22.4. The first-order valence-electron chi connectivity index (χ1n) is 10.3. The normalized spacial score (nSPS) is 11.5. The van der Waals surface area contributed by atoms with Gasteiger partial charge in [0.1, 0.15) is 0 Å².